The first-order valence-corrected chi connectivity index (χ1v) is 9.48. The molecule has 2 aromatic carbocycles. The van der Waals surface area contributed by atoms with Crippen LogP contribution in [0.2, 0.25) is 0 Å². The lowest BCUT2D eigenvalue weighted by Gasteiger charge is -2.24. The molecule has 166 valence electrons. The number of methoxy groups -OCH3 is 1. The summed E-state index contributed by atoms with van der Waals surface area (Å²) in [5.41, 5.74) is 1.70. The van der Waals surface area contributed by atoms with E-state index in [-0.39, 0.29) is 25.7 Å². The second-order valence-corrected chi connectivity index (χ2v) is 7.04. The molecule has 0 aliphatic carbocycles. The van der Waals surface area contributed by atoms with Crippen LogP contribution in [0.15, 0.2) is 35.5 Å². The summed E-state index contributed by atoms with van der Waals surface area (Å²) < 4.78 is 29.3. The fourth-order valence-corrected chi connectivity index (χ4v) is 3.59. The lowest BCUT2D eigenvalue weighted by molar-refractivity contribution is -0.142. The van der Waals surface area contributed by atoms with Gasteiger partial charge in [-0.25, -0.2) is 4.39 Å². The molecule has 2 aromatic rings. The van der Waals surface area contributed by atoms with Crippen LogP contribution in [0, 0.1) is 5.82 Å². The Labute approximate surface area is 181 Å². The Hall–Kier alpha value is -3.99. The zero-order chi connectivity index (χ0) is 22.8. The Bertz CT molecular complexity index is 1150. The molecule has 0 unspecified atom stereocenters. The summed E-state index contributed by atoms with van der Waals surface area (Å²) in [6.45, 7) is 0.0880. The van der Waals surface area contributed by atoms with Gasteiger partial charge in [0.2, 0.25) is 5.91 Å². The highest BCUT2D eigenvalue weighted by molar-refractivity contribution is 6.54. The minimum absolute atomic E-state index is 0.00408. The average molecular weight is 443 g/mol. The highest BCUT2D eigenvalue weighted by Crippen LogP contribution is 2.36. The van der Waals surface area contributed by atoms with Gasteiger partial charge >= 0.3 is 5.97 Å². The summed E-state index contributed by atoms with van der Waals surface area (Å²) in [5, 5.41) is 15.0. The standard InChI is InChI=1S/C21H18FN3O7/c1-30-18(27)7-17(26)23-14-2-3-15-16(6-14)25(21(28)19(15)24-29)8-11-4-13(22)5-12-9-31-10-32-20(11)12/h2-6,29H,7-10H2,1H3,(H,23,26)/b24-19-. The van der Waals surface area contributed by atoms with Crippen LogP contribution in [-0.2, 0) is 37.0 Å². The zero-order valence-electron chi connectivity index (χ0n) is 16.9. The van der Waals surface area contributed by atoms with Gasteiger partial charge in [0, 0.05) is 22.4 Å². The molecule has 0 saturated carbocycles. The second kappa shape index (κ2) is 8.63. The van der Waals surface area contributed by atoms with E-state index in [1.807, 2.05) is 0 Å². The number of oxime groups is 1. The van der Waals surface area contributed by atoms with Crippen molar-refractivity contribution in [3.05, 3.63) is 52.8 Å². The van der Waals surface area contributed by atoms with Gasteiger partial charge in [0.05, 0.1) is 25.9 Å². The highest BCUT2D eigenvalue weighted by atomic mass is 19.1. The lowest BCUT2D eigenvalue weighted by Crippen LogP contribution is -2.30. The minimum atomic E-state index is -0.699. The summed E-state index contributed by atoms with van der Waals surface area (Å²) in [6.07, 6.45) is -0.478. The third-order valence-corrected chi connectivity index (χ3v) is 4.99. The molecule has 0 saturated heterocycles. The van der Waals surface area contributed by atoms with Crippen molar-refractivity contribution < 1.29 is 38.2 Å². The zero-order valence-corrected chi connectivity index (χ0v) is 16.9. The summed E-state index contributed by atoms with van der Waals surface area (Å²) >= 11 is 0. The number of hydrogen-bond donors (Lipinski definition) is 2. The SMILES string of the molecule is COC(=O)CC(=O)Nc1ccc2c(c1)N(Cc1cc(F)cc3c1OCOC3)C(=O)/C2=N\O. The first-order chi connectivity index (χ1) is 15.4. The van der Waals surface area contributed by atoms with E-state index in [1.54, 1.807) is 0 Å². The molecule has 0 aromatic heterocycles. The van der Waals surface area contributed by atoms with E-state index in [9.17, 15) is 24.0 Å². The fraction of sp³-hybridized carbons (Fsp3) is 0.238. The maximum Gasteiger partial charge on any atom is 0.315 e. The molecule has 2 N–H and O–H groups in total. The molecule has 4 rings (SSSR count). The smallest absolute Gasteiger partial charge is 0.315 e. The van der Waals surface area contributed by atoms with Crippen molar-refractivity contribution in [1.82, 2.24) is 0 Å². The Morgan fingerprint density at radius 2 is 2.12 bits per heavy atom. The maximum absolute atomic E-state index is 14.1. The minimum Gasteiger partial charge on any atom is -0.469 e. The van der Waals surface area contributed by atoms with Crippen molar-refractivity contribution in [1.29, 1.82) is 0 Å². The number of ether oxygens (including phenoxy) is 3. The third-order valence-electron chi connectivity index (χ3n) is 4.99. The highest BCUT2D eigenvalue weighted by Gasteiger charge is 2.36. The van der Waals surface area contributed by atoms with Crippen molar-refractivity contribution in [2.75, 3.05) is 24.1 Å². The molecule has 2 amide bonds. The van der Waals surface area contributed by atoms with Crippen LogP contribution >= 0.6 is 0 Å². The van der Waals surface area contributed by atoms with Gasteiger partial charge in [-0.05, 0) is 30.3 Å². The quantitative estimate of drug-likeness (QED) is 0.313. The van der Waals surface area contributed by atoms with Gasteiger partial charge in [0.1, 0.15) is 18.0 Å². The van der Waals surface area contributed by atoms with Crippen LogP contribution in [0.4, 0.5) is 15.8 Å². The topological polar surface area (TPSA) is 127 Å². The molecule has 0 spiro atoms. The fourth-order valence-electron chi connectivity index (χ4n) is 3.59. The predicted molar refractivity (Wildman–Crippen MR) is 108 cm³/mol. The summed E-state index contributed by atoms with van der Waals surface area (Å²) in [4.78, 5) is 37.5. The number of amides is 2. The van der Waals surface area contributed by atoms with Crippen molar-refractivity contribution in [2.24, 2.45) is 5.16 Å². The van der Waals surface area contributed by atoms with Crippen LogP contribution in [0.1, 0.15) is 23.1 Å². The average Bonchev–Trinajstić information content (AvgIpc) is 3.03. The van der Waals surface area contributed by atoms with E-state index in [4.69, 9.17) is 9.47 Å². The largest absolute Gasteiger partial charge is 0.469 e. The van der Waals surface area contributed by atoms with Crippen molar-refractivity contribution in [3.63, 3.8) is 0 Å². The van der Waals surface area contributed by atoms with Crippen molar-refractivity contribution >= 4 is 34.9 Å². The molecular formula is C21H18FN3O7. The number of anilines is 2. The lowest BCUT2D eigenvalue weighted by atomic mass is 10.1. The van der Waals surface area contributed by atoms with Crippen molar-refractivity contribution in [3.8, 4) is 5.75 Å². The summed E-state index contributed by atoms with van der Waals surface area (Å²) in [6, 6.07) is 7.05. The van der Waals surface area contributed by atoms with Crippen LogP contribution in [-0.4, -0.2) is 42.6 Å². The number of halogens is 1. The molecule has 10 nitrogen and oxygen atoms in total. The number of fused-ring (bicyclic) bond motifs is 2. The van der Waals surface area contributed by atoms with Gasteiger partial charge in [-0.2, -0.15) is 0 Å². The van der Waals surface area contributed by atoms with Gasteiger partial charge in [-0.3, -0.25) is 14.4 Å². The van der Waals surface area contributed by atoms with E-state index in [0.29, 0.717) is 33.8 Å². The Morgan fingerprint density at radius 3 is 2.88 bits per heavy atom. The molecule has 0 bridgehead atoms. The molecule has 2 aliphatic heterocycles. The van der Waals surface area contributed by atoms with Crippen LogP contribution in [0.3, 0.4) is 0 Å². The van der Waals surface area contributed by atoms with E-state index in [0.717, 1.165) is 0 Å². The van der Waals surface area contributed by atoms with Gasteiger partial charge in [-0.15, -0.1) is 0 Å². The Kier molecular flexibility index (Phi) is 5.73. The maximum atomic E-state index is 14.1. The molecule has 0 radical (unpaired) electrons. The molecule has 11 heteroatoms. The number of esters is 1. The Balaban J connectivity index is 1.67. The molecular weight excluding hydrogens is 425 g/mol. The number of nitrogens with one attached hydrogen (secondary N) is 1. The van der Waals surface area contributed by atoms with Gasteiger partial charge in [0.15, 0.2) is 12.5 Å². The number of rotatable bonds is 5. The number of benzene rings is 2. The normalized spacial score (nSPS) is 15.8. The first kappa shape index (κ1) is 21.2. The van der Waals surface area contributed by atoms with Gasteiger partial charge in [0.25, 0.3) is 5.91 Å². The molecule has 2 aliphatic rings. The van der Waals surface area contributed by atoms with Crippen molar-refractivity contribution in [2.45, 2.75) is 19.6 Å². The monoisotopic (exact) mass is 443 g/mol. The number of nitrogens with zero attached hydrogens (tertiary/aromatic N) is 2. The summed E-state index contributed by atoms with van der Waals surface area (Å²) in [5.74, 6) is -2.00. The van der Waals surface area contributed by atoms with Crippen LogP contribution in [0.25, 0.3) is 0 Å². The van der Waals surface area contributed by atoms with Gasteiger partial charge in [-0.1, -0.05) is 5.16 Å². The van der Waals surface area contributed by atoms with E-state index < -0.39 is 30.0 Å². The third kappa shape index (κ3) is 3.97. The van der Waals surface area contributed by atoms with E-state index in [2.05, 4.69) is 15.2 Å². The molecule has 0 fully saturated rings. The van der Waals surface area contributed by atoms with Crippen LogP contribution < -0.4 is 15.0 Å². The number of hydrogen-bond acceptors (Lipinski definition) is 8. The number of carbonyl (C=O) groups excluding carboxylic acids is 3. The summed E-state index contributed by atoms with van der Waals surface area (Å²) in [7, 11) is 1.17. The van der Waals surface area contributed by atoms with E-state index >= 15 is 0 Å². The first-order valence-electron chi connectivity index (χ1n) is 9.48. The molecule has 32 heavy (non-hydrogen) atoms. The van der Waals surface area contributed by atoms with Gasteiger partial charge < -0.3 is 29.6 Å². The Morgan fingerprint density at radius 1 is 1.31 bits per heavy atom. The molecule has 2 heterocycles. The predicted octanol–water partition coefficient (Wildman–Crippen LogP) is 1.92. The molecule has 0 atom stereocenters. The van der Waals surface area contributed by atoms with E-state index in [1.165, 1.54) is 42.3 Å². The second-order valence-electron chi connectivity index (χ2n) is 7.04. The number of carbonyl (C=O) groups is 3. The van der Waals surface area contributed by atoms with Crippen LogP contribution in [0.5, 0.6) is 5.75 Å².